The van der Waals surface area contributed by atoms with Crippen molar-refractivity contribution < 1.29 is 23.0 Å². The Morgan fingerprint density at radius 2 is 1.74 bits per heavy atom. The normalized spacial score (nSPS) is 16.1. The Bertz CT molecular complexity index is 971. The Labute approximate surface area is 182 Å². The minimum Gasteiger partial charge on any atom is -0.381 e. The Balaban J connectivity index is 1.95. The van der Waals surface area contributed by atoms with Crippen LogP contribution in [0.25, 0.3) is 5.57 Å². The van der Waals surface area contributed by atoms with Crippen molar-refractivity contribution in [2.45, 2.75) is 39.2 Å². The molecular weight excluding hydrogens is 400 g/mol. The number of carbonyl (C=O) groups excluding carboxylic acids is 1. The highest BCUT2D eigenvalue weighted by molar-refractivity contribution is 5.98. The van der Waals surface area contributed by atoms with Gasteiger partial charge in [-0.1, -0.05) is 51.6 Å². The first-order valence-electron chi connectivity index (χ1n) is 10.3. The van der Waals surface area contributed by atoms with Gasteiger partial charge in [-0.3, -0.25) is 4.79 Å². The third kappa shape index (κ3) is 4.86. The molecule has 0 aromatic heterocycles. The van der Waals surface area contributed by atoms with Gasteiger partial charge in [-0.2, -0.15) is 0 Å². The molecule has 2 aromatic rings. The van der Waals surface area contributed by atoms with Gasteiger partial charge in [0, 0.05) is 50.2 Å². The second-order valence-corrected chi connectivity index (χ2v) is 8.88. The molecule has 1 saturated heterocycles. The van der Waals surface area contributed by atoms with E-state index in [9.17, 15) is 13.6 Å². The maximum absolute atomic E-state index is 14.6. The third-order valence-corrected chi connectivity index (χ3v) is 5.75. The summed E-state index contributed by atoms with van der Waals surface area (Å²) in [6, 6.07) is 9.54. The van der Waals surface area contributed by atoms with E-state index >= 15 is 0 Å². The smallest absolute Gasteiger partial charge is 0.229 e. The molecule has 1 N–H and O–H groups in total. The molecule has 1 heterocycles. The molecule has 0 unspecified atom stereocenters. The summed E-state index contributed by atoms with van der Waals surface area (Å²) in [5, 5.41) is 2.60. The first-order chi connectivity index (χ1) is 14.6. The predicted octanol–water partition coefficient (Wildman–Crippen LogP) is 5.66. The van der Waals surface area contributed by atoms with Crippen molar-refractivity contribution in [2.24, 2.45) is 5.41 Å². The van der Waals surface area contributed by atoms with Crippen LogP contribution in [0.4, 0.5) is 14.5 Å². The summed E-state index contributed by atoms with van der Waals surface area (Å²) in [7, 11) is 1.69. The molecule has 31 heavy (non-hydrogen) atoms. The van der Waals surface area contributed by atoms with Gasteiger partial charge in [-0.15, -0.1) is 0 Å². The lowest BCUT2D eigenvalue weighted by molar-refractivity contribution is -0.123. The average Bonchev–Trinajstić information content (AvgIpc) is 2.74. The maximum atomic E-state index is 14.6. The fourth-order valence-electron chi connectivity index (χ4n) is 3.68. The summed E-state index contributed by atoms with van der Waals surface area (Å²) >= 11 is 0. The lowest BCUT2D eigenvalue weighted by atomic mass is 9.85. The van der Waals surface area contributed by atoms with Crippen molar-refractivity contribution >= 4 is 17.2 Å². The number of halogens is 2. The number of benzene rings is 2. The topological polar surface area (TPSA) is 47.6 Å². The van der Waals surface area contributed by atoms with Gasteiger partial charge < -0.3 is 14.8 Å². The Morgan fingerprint density at radius 3 is 2.29 bits per heavy atom. The van der Waals surface area contributed by atoms with E-state index in [4.69, 9.17) is 9.47 Å². The second-order valence-electron chi connectivity index (χ2n) is 8.88. The van der Waals surface area contributed by atoms with E-state index in [1.807, 2.05) is 24.3 Å². The molecule has 1 aliphatic heterocycles. The van der Waals surface area contributed by atoms with Gasteiger partial charge in [0.25, 0.3) is 0 Å². The molecule has 4 nitrogen and oxygen atoms in total. The molecule has 0 spiro atoms. The quantitative estimate of drug-likeness (QED) is 0.667. The highest BCUT2D eigenvalue weighted by atomic mass is 19.1. The van der Waals surface area contributed by atoms with Crippen LogP contribution in [0.15, 0.2) is 43.0 Å². The van der Waals surface area contributed by atoms with Gasteiger partial charge in [-0.25, -0.2) is 8.78 Å². The van der Waals surface area contributed by atoms with E-state index in [-0.39, 0.29) is 17.2 Å². The first-order valence-corrected chi connectivity index (χ1v) is 10.3. The van der Waals surface area contributed by atoms with E-state index in [1.54, 1.807) is 27.9 Å². The highest BCUT2D eigenvalue weighted by Gasteiger charge is 2.34. The molecule has 3 rings (SSSR count). The number of rotatable bonds is 5. The lowest BCUT2D eigenvalue weighted by Crippen LogP contribution is -2.35. The number of amides is 1. The molecule has 0 aliphatic carbocycles. The molecule has 0 radical (unpaired) electrons. The first kappa shape index (κ1) is 23.1. The van der Waals surface area contributed by atoms with Gasteiger partial charge in [0.05, 0.1) is 11.3 Å². The third-order valence-electron chi connectivity index (χ3n) is 5.75. The van der Waals surface area contributed by atoms with Crippen LogP contribution >= 0.6 is 0 Å². The number of hydrogen-bond donors (Lipinski definition) is 1. The fraction of sp³-hybridized carbons (Fsp3) is 0.400. The van der Waals surface area contributed by atoms with Crippen molar-refractivity contribution in [1.82, 2.24) is 0 Å². The maximum Gasteiger partial charge on any atom is 0.229 e. The van der Waals surface area contributed by atoms with Crippen LogP contribution in [0.2, 0.25) is 0 Å². The molecule has 166 valence electrons. The van der Waals surface area contributed by atoms with Crippen molar-refractivity contribution in [3.63, 3.8) is 0 Å². The van der Waals surface area contributed by atoms with Crippen molar-refractivity contribution in [2.75, 3.05) is 25.6 Å². The molecule has 6 heteroatoms. The van der Waals surface area contributed by atoms with Gasteiger partial charge in [0.2, 0.25) is 5.91 Å². The summed E-state index contributed by atoms with van der Waals surface area (Å²) in [6.45, 7) is 10.5. The van der Waals surface area contributed by atoms with Crippen molar-refractivity contribution in [3.8, 4) is 0 Å². The Hall–Kier alpha value is -2.57. The predicted molar refractivity (Wildman–Crippen MR) is 118 cm³/mol. The summed E-state index contributed by atoms with van der Waals surface area (Å²) in [6.07, 6.45) is 1.50. The van der Waals surface area contributed by atoms with E-state index in [0.717, 1.165) is 24.5 Å². The summed E-state index contributed by atoms with van der Waals surface area (Å²) in [5.74, 6) is -1.95. The molecule has 0 bridgehead atoms. The summed E-state index contributed by atoms with van der Waals surface area (Å²) in [5.41, 5.74) is 1.10. The standard InChI is InChI=1S/C25H29F2NO3/c1-16(17-6-8-18(9-7-17)25(30-5)10-12-31-13-11-25)20-14-19(26)15-21(27)22(20)28-23(29)24(2,3)4/h6-9,14-15H,1,10-13H2,2-5H3,(H,28,29). The number of carbonyl (C=O) groups is 1. The van der Waals surface area contributed by atoms with Gasteiger partial charge in [0.1, 0.15) is 11.6 Å². The minimum atomic E-state index is -0.842. The van der Waals surface area contributed by atoms with Crippen molar-refractivity contribution in [1.29, 1.82) is 0 Å². The van der Waals surface area contributed by atoms with Crippen molar-refractivity contribution in [3.05, 3.63) is 71.3 Å². The van der Waals surface area contributed by atoms with Crippen LogP contribution < -0.4 is 5.32 Å². The summed E-state index contributed by atoms with van der Waals surface area (Å²) < 4.78 is 39.9. The second kappa shape index (κ2) is 8.89. The SMILES string of the molecule is C=C(c1ccc(C2(OC)CCOCC2)cc1)c1cc(F)cc(F)c1NC(=O)C(C)(C)C. The van der Waals surface area contributed by atoms with Crippen LogP contribution in [-0.4, -0.2) is 26.2 Å². The largest absolute Gasteiger partial charge is 0.381 e. The molecule has 2 aromatic carbocycles. The van der Waals surface area contributed by atoms with E-state index in [0.29, 0.717) is 24.4 Å². The van der Waals surface area contributed by atoms with Crippen LogP contribution in [0.1, 0.15) is 50.3 Å². The zero-order chi connectivity index (χ0) is 22.8. The molecule has 1 amide bonds. The Kier molecular flexibility index (Phi) is 6.62. The molecule has 0 atom stereocenters. The molecule has 1 fully saturated rings. The van der Waals surface area contributed by atoms with Crippen LogP contribution in [0.5, 0.6) is 0 Å². The monoisotopic (exact) mass is 429 g/mol. The van der Waals surface area contributed by atoms with E-state index < -0.39 is 22.7 Å². The van der Waals surface area contributed by atoms with Crippen LogP contribution in [0, 0.1) is 17.0 Å². The fourth-order valence-corrected chi connectivity index (χ4v) is 3.68. The summed E-state index contributed by atoms with van der Waals surface area (Å²) in [4.78, 5) is 12.4. The number of anilines is 1. The van der Waals surface area contributed by atoms with Gasteiger partial charge in [-0.05, 0) is 22.8 Å². The Morgan fingerprint density at radius 1 is 1.13 bits per heavy atom. The van der Waals surface area contributed by atoms with Gasteiger partial charge in [0.15, 0.2) is 0 Å². The average molecular weight is 430 g/mol. The molecular formula is C25H29F2NO3. The van der Waals surface area contributed by atoms with E-state index in [1.165, 1.54) is 6.07 Å². The van der Waals surface area contributed by atoms with Crippen LogP contribution in [0.3, 0.4) is 0 Å². The lowest BCUT2D eigenvalue weighted by Gasteiger charge is -2.36. The molecule has 1 aliphatic rings. The highest BCUT2D eigenvalue weighted by Crippen LogP contribution is 2.37. The zero-order valence-corrected chi connectivity index (χ0v) is 18.5. The number of nitrogens with one attached hydrogen (secondary N) is 1. The number of hydrogen-bond acceptors (Lipinski definition) is 3. The molecule has 0 saturated carbocycles. The van der Waals surface area contributed by atoms with Gasteiger partial charge >= 0.3 is 0 Å². The zero-order valence-electron chi connectivity index (χ0n) is 18.5. The van der Waals surface area contributed by atoms with E-state index in [2.05, 4.69) is 11.9 Å². The minimum absolute atomic E-state index is 0.0757. The number of ether oxygens (including phenoxy) is 2. The van der Waals surface area contributed by atoms with Crippen LogP contribution in [-0.2, 0) is 19.9 Å². The number of methoxy groups -OCH3 is 1.